The summed E-state index contributed by atoms with van der Waals surface area (Å²) in [5.41, 5.74) is 0.819. The van der Waals surface area contributed by atoms with Crippen LogP contribution in [-0.2, 0) is 19.1 Å². The van der Waals surface area contributed by atoms with Crippen molar-refractivity contribution in [2.75, 3.05) is 11.9 Å². The zero-order valence-corrected chi connectivity index (χ0v) is 13.4. The van der Waals surface area contributed by atoms with Gasteiger partial charge in [0, 0.05) is 20.0 Å². The molecular formula is C16H17F2NO5. The van der Waals surface area contributed by atoms with Crippen molar-refractivity contribution >= 4 is 17.6 Å². The number of esters is 2. The van der Waals surface area contributed by atoms with Gasteiger partial charge in [-0.1, -0.05) is 6.07 Å². The van der Waals surface area contributed by atoms with Gasteiger partial charge in [0.2, 0.25) is 0 Å². The number of benzene rings is 1. The van der Waals surface area contributed by atoms with E-state index in [1.165, 1.54) is 19.9 Å². The highest BCUT2D eigenvalue weighted by atomic mass is 19.3. The summed E-state index contributed by atoms with van der Waals surface area (Å²) in [6, 6.07) is 4.82. The minimum atomic E-state index is -2.62. The highest BCUT2D eigenvalue weighted by molar-refractivity contribution is 6.15. The highest BCUT2D eigenvalue weighted by Crippen LogP contribution is 2.27. The van der Waals surface area contributed by atoms with Gasteiger partial charge in [-0.15, -0.1) is 0 Å². The van der Waals surface area contributed by atoms with Crippen molar-refractivity contribution in [2.45, 2.75) is 33.0 Å². The van der Waals surface area contributed by atoms with Crippen molar-refractivity contribution < 1.29 is 32.6 Å². The molecule has 0 atom stereocenters. The predicted molar refractivity (Wildman–Crippen MR) is 80.6 cm³/mol. The average Bonchev–Trinajstić information content (AvgIpc) is 2.44. The Morgan fingerprint density at radius 1 is 1.25 bits per heavy atom. The molecule has 0 radical (unpaired) electrons. The largest absolute Gasteiger partial charge is 0.485 e. The minimum Gasteiger partial charge on any atom is -0.485 e. The third-order valence-corrected chi connectivity index (χ3v) is 2.99. The molecule has 24 heavy (non-hydrogen) atoms. The second-order valence-electron chi connectivity index (χ2n) is 5.58. The second-order valence-corrected chi connectivity index (χ2v) is 5.58. The SMILES string of the molecule is Cc1ccc(OCC(F)F)c(NC=C2C(=O)OC(C)(C)OC2=O)c1. The Morgan fingerprint density at radius 2 is 1.88 bits per heavy atom. The van der Waals surface area contributed by atoms with Crippen molar-refractivity contribution in [2.24, 2.45) is 0 Å². The van der Waals surface area contributed by atoms with Crippen molar-refractivity contribution in [1.29, 1.82) is 0 Å². The summed E-state index contributed by atoms with van der Waals surface area (Å²) in [6.45, 7) is 3.89. The molecule has 1 aliphatic rings. The smallest absolute Gasteiger partial charge is 0.350 e. The summed E-state index contributed by atoms with van der Waals surface area (Å²) < 4.78 is 39.5. The van der Waals surface area contributed by atoms with Crippen LogP contribution in [0, 0.1) is 6.92 Å². The summed E-state index contributed by atoms with van der Waals surface area (Å²) in [5, 5.41) is 2.70. The fraction of sp³-hybridized carbons (Fsp3) is 0.375. The maximum absolute atomic E-state index is 12.3. The predicted octanol–water partition coefficient (Wildman–Crippen LogP) is 2.77. The lowest BCUT2D eigenvalue weighted by molar-refractivity contribution is -0.222. The van der Waals surface area contributed by atoms with E-state index in [9.17, 15) is 18.4 Å². The number of hydrogen-bond acceptors (Lipinski definition) is 6. The quantitative estimate of drug-likeness (QED) is 0.504. The van der Waals surface area contributed by atoms with Gasteiger partial charge in [-0.3, -0.25) is 0 Å². The third-order valence-electron chi connectivity index (χ3n) is 2.99. The molecule has 6 nitrogen and oxygen atoms in total. The molecule has 0 unspecified atom stereocenters. The molecule has 0 spiro atoms. The number of carbonyl (C=O) groups is 2. The van der Waals surface area contributed by atoms with Gasteiger partial charge in [-0.2, -0.15) is 0 Å². The summed E-state index contributed by atoms with van der Waals surface area (Å²) in [4.78, 5) is 23.7. The monoisotopic (exact) mass is 341 g/mol. The van der Waals surface area contributed by atoms with E-state index in [0.29, 0.717) is 5.69 Å². The number of ether oxygens (including phenoxy) is 3. The lowest BCUT2D eigenvalue weighted by Gasteiger charge is -2.29. The van der Waals surface area contributed by atoms with Crippen LogP contribution in [0.1, 0.15) is 19.4 Å². The summed E-state index contributed by atoms with van der Waals surface area (Å²) in [7, 11) is 0. The first-order valence-corrected chi connectivity index (χ1v) is 7.13. The van der Waals surface area contributed by atoms with E-state index >= 15 is 0 Å². The van der Waals surface area contributed by atoms with Gasteiger partial charge in [0.15, 0.2) is 5.57 Å². The van der Waals surface area contributed by atoms with E-state index in [1.807, 2.05) is 0 Å². The second kappa shape index (κ2) is 6.86. The van der Waals surface area contributed by atoms with Crippen LogP contribution in [-0.4, -0.2) is 30.8 Å². The number of alkyl halides is 2. The van der Waals surface area contributed by atoms with Crippen LogP contribution in [0.3, 0.4) is 0 Å². The molecule has 0 amide bonds. The molecule has 1 aromatic rings. The Balaban J connectivity index is 2.20. The number of aryl methyl sites for hydroxylation is 1. The Labute approximate surface area is 137 Å². The zero-order chi connectivity index (χ0) is 17.9. The van der Waals surface area contributed by atoms with E-state index < -0.39 is 30.8 Å². The van der Waals surface area contributed by atoms with E-state index in [2.05, 4.69) is 5.32 Å². The van der Waals surface area contributed by atoms with E-state index in [4.69, 9.17) is 14.2 Å². The van der Waals surface area contributed by atoms with Crippen molar-refractivity contribution in [1.82, 2.24) is 0 Å². The van der Waals surface area contributed by atoms with Gasteiger partial charge in [0.1, 0.15) is 12.4 Å². The number of hydrogen-bond donors (Lipinski definition) is 1. The third kappa shape index (κ3) is 4.43. The highest BCUT2D eigenvalue weighted by Gasteiger charge is 2.38. The molecule has 1 fully saturated rings. The molecule has 1 saturated heterocycles. The van der Waals surface area contributed by atoms with Crippen LogP contribution in [0.15, 0.2) is 30.0 Å². The lowest BCUT2D eigenvalue weighted by atomic mass is 10.2. The molecule has 2 rings (SSSR count). The Hall–Kier alpha value is -2.64. The summed E-state index contributed by atoms with van der Waals surface area (Å²) in [6.07, 6.45) is -1.52. The van der Waals surface area contributed by atoms with Gasteiger partial charge in [0.05, 0.1) is 5.69 Å². The van der Waals surface area contributed by atoms with Crippen LogP contribution in [0.25, 0.3) is 0 Å². The Morgan fingerprint density at radius 3 is 2.46 bits per heavy atom. The fourth-order valence-corrected chi connectivity index (χ4v) is 1.96. The molecular weight excluding hydrogens is 324 g/mol. The maximum atomic E-state index is 12.3. The first-order valence-electron chi connectivity index (χ1n) is 7.13. The van der Waals surface area contributed by atoms with Crippen LogP contribution < -0.4 is 10.1 Å². The minimum absolute atomic E-state index is 0.163. The molecule has 1 N–H and O–H groups in total. The average molecular weight is 341 g/mol. The topological polar surface area (TPSA) is 73.9 Å². The molecule has 1 aromatic carbocycles. The van der Waals surface area contributed by atoms with Crippen LogP contribution in [0.4, 0.5) is 14.5 Å². The van der Waals surface area contributed by atoms with E-state index in [1.54, 1.807) is 19.1 Å². The van der Waals surface area contributed by atoms with Crippen molar-refractivity contribution in [3.05, 3.63) is 35.5 Å². The molecule has 1 heterocycles. The first-order chi connectivity index (χ1) is 11.2. The van der Waals surface area contributed by atoms with Gasteiger partial charge >= 0.3 is 11.9 Å². The number of anilines is 1. The zero-order valence-electron chi connectivity index (χ0n) is 13.4. The van der Waals surface area contributed by atoms with Crippen LogP contribution >= 0.6 is 0 Å². The van der Waals surface area contributed by atoms with E-state index in [0.717, 1.165) is 11.8 Å². The standard InChI is InChI=1S/C16H17F2NO5/c1-9-4-5-12(22-8-13(17)18)11(6-9)19-7-10-14(20)23-16(2,3)24-15(10)21/h4-7,13,19H,8H2,1-3H3. The summed E-state index contributed by atoms with van der Waals surface area (Å²) in [5.74, 6) is -2.85. The Bertz CT molecular complexity index is 663. The number of cyclic esters (lactones) is 2. The van der Waals surface area contributed by atoms with Gasteiger partial charge < -0.3 is 19.5 Å². The molecule has 130 valence electrons. The summed E-state index contributed by atoms with van der Waals surface area (Å²) >= 11 is 0. The van der Waals surface area contributed by atoms with Crippen molar-refractivity contribution in [3.63, 3.8) is 0 Å². The normalized spacial score (nSPS) is 16.5. The molecule has 1 aliphatic heterocycles. The number of carbonyl (C=O) groups excluding carboxylic acids is 2. The van der Waals surface area contributed by atoms with Gasteiger partial charge in [-0.05, 0) is 24.6 Å². The van der Waals surface area contributed by atoms with Crippen molar-refractivity contribution in [3.8, 4) is 5.75 Å². The first kappa shape index (κ1) is 17.7. The van der Waals surface area contributed by atoms with E-state index in [-0.39, 0.29) is 11.3 Å². The van der Waals surface area contributed by atoms with Gasteiger partial charge in [0.25, 0.3) is 12.2 Å². The molecule has 0 aromatic heterocycles. The number of halogens is 2. The Kier molecular flexibility index (Phi) is 5.06. The maximum Gasteiger partial charge on any atom is 0.350 e. The lowest BCUT2D eigenvalue weighted by Crippen LogP contribution is -2.42. The fourth-order valence-electron chi connectivity index (χ4n) is 1.96. The molecule has 0 bridgehead atoms. The number of nitrogens with one attached hydrogen (secondary N) is 1. The molecule has 0 aliphatic carbocycles. The van der Waals surface area contributed by atoms with Crippen LogP contribution in [0.2, 0.25) is 0 Å². The van der Waals surface area contributed by atoms with Crippen LogP contribution in [0.5, 0.6) is 5.75 Å². The number of rotatable bonds is 5. The van der Waals surface area contributed by atoms with Gasteiger partial charge in [-0.25, -0.2) is 18.4 Å². The molecule has 8 heteroatoms. The molecule has 0 saturated carbocycles.